The van der Waals surface area contributed by atoms with Crippen molar-refractivity contribution in [2.75, 3.05) is 33.5 Å². The van der Waals surface area contributed by atoms with Gasteiger partial charge in [0.25, 0.3) is 0 Å². The summed E-state index contributed by atoms with van der Waals surface area (Å²) in [6.45, 7) is 0.507. The smallest absolute Gasteiger partial charge is 0.360 e. The summed E-state index contributed by atoms with van der Waals surface area (Å²) in [6.07, 6.45) is 3.82. The molecule has 0 fully saturated rings. The Balaban J connectivity index is 2.04. The molecule has 9 heteroatoms. The van der Waals surface area contributed by atoms with Crippen LogP contribution >= 0.6 is 0 Å². The number of ether oxygens (including phenoxy) is 1. The van der Waals surface area contributed by atoms with E-state index >= 15 is 0 Å². The molecule has 31 heavy (non-hydrogen) atoms. The summed E-state index contributed by atoms with van der Waals surface area (Å²) in [5, 5.41) is 10.4. The number of rotatable bonds is 6. The normalized spacial score (nSPS) is 12.8. The molecule has 9 nitrogen and oxygen atoms in total. The van der Waals surface area contributed by atoms with Crippen molar-refractivity contribution >= 4 is 23.7 Å². The number of imidazole rings is 1. The Labute approximate surface area is 179 Å². The van der Waals surface area contributed by atoms with E-state index in [1.807, 2.05) is 19.0 Å². The Hall–Kier alpha value is -3.74. The first kappa shape index (κ1) is 22.0. The molecule has 2 aromatic heterocycles. The number of benzene rings is 1. The highest BCUT2D eigenvalue weighted by Crippen LogP contribution is 2.26. The third-order valence-corrected chi connectivity index (χ3v) is 4.65. The van der Waals surface area contributed by atoms with Crippen LogP contribution in [0.4, 0.5) is 5.82 Å². The number of anilines is 1. The Kier molecular flexibility index (Phi) is 6.34. The standard InChI is InChI=1S/C22H23N5O4/c1-26(2)11-9-22(30,14-28)8-7-15-5-4-6-16(13-15)17-20-24-10-12-27(20)19(23)18(25-17)21(29)31-3/h4-6,10,12-14,30H,9,11,23H2,1-3H3/t22-/m0/s1. The average molecular weight is 421 g/mol. The van der Waals surface area contributed by atoms with Crippen molar-refractivity contribution in [2.24, 2.45) is 0 Å². The summed E-state index contributed by atoms with van der Waals surface area (Å²) in [7, 11) is 4.95. The molecule has 0 aliphatic rings. The highest BCUT2D eigenvalue weighted by atomic mass is 16.5. The lowest BCUT2D eigenvalue weighted by Crippen LogP contribution is -2.33. The van der Waals surface area contributed by atoms with E-state index in [1.165, 1.54) is 7.11 Å². The van der Waals surface area contributed by atoms with Crippen LogP contribution in [0, 0.1) is 11.8 Å². The number of nitrogens with two attached hydrogens (primary N) is 1. The van der Waals surface area contributed by atoms with E-state index < -0.39 is 11.6 Å². The minimum absolute atomic E-state index is 0.0292. The van der Waals surface area contributed by atoms with Crippen molar-refractivity contribution in [3.63, 3.8) is 0 Å². The van der Waals surface area contributed by atoms with Gasteiger partial charge >= 0.3 is 5.97 Å². The van der Waals surface area contributed by atoms with Crippen molar-refractivity contribution in [3.05, 3.63) is 47.9 Å². The van der Waals surface area contributed by atoms with Gasteiger partial charge in [-0.15, -0.1) is 0 Å². The minimum Gasteiger partial charge on any atom is -0.464 e. The highest BCUT2D eigenvalue weighted by molar-refractivity contribution is 5.94. The van der Waals surface area contributed by atoms with Crippen molar-refractivity contribution in [1.29, 1.82) is 0 Å². The van der Waals surface area contributed by atoms with Crippen molar-refractivity contribution in [1.82, 2.24) is 19.3 Å². The first-order valence-electron chi connectivity index (χ1n) is 9.46. The van der Waals surface area contributed by atoms with Crippen molar-refractivity contribution in [3.8, 4) is 23.1 Å². The first-order chi connectivity index (χ1) is 14.8. The van der Waals surface area contributed by atoms with Gasteiger partial charge in [0.2, 0.25) is 0 Å². The lowest BCUT2D eigenvalue weighted by atomic mass is 10.0. The molecule has 1 atom stereocenters. The molecule has 160 valence electrons. The number of aromatic nitrogens is 3. The summed E-state index contributed by atoms with van der Waals surface area (Å²) in [6, 6.07) is 7.03. The fourth-order valence-corrected chi connectivity index (χ4v) is 2.92. The number of carbonyl (C=O) groups excluding carboxylic acids is 2. The van der Waals surface area contributed by atoms with Crippen molar-refractivity contribution < 1.29 is 19.4 Å². The number of nitrogens with zero attached hydrogens (tertiary/aromatic N) is 4. The zero-order valence-corrected chi connectivity index (χ0v) is 17.5. The number of fused-ring (bicyclic) bond motifs is 1. The van der Waals surface area contributed by atoms with E-state index in [4.69, 9.17) is 10.5 Å². The van der Waals surface area contributed by atoms with E-state index in [-0.39, 0.29) is 17.9 Å². The zero-order chi connectivity index (χ0) is 22.6. The molecule has 3 N–H and O–H groups in total. The zero-order valence-electron chi connectivity index (χ0n) is 17.5. The lowest BCUT2D eigenvalue weighted by Gasteiger charge is -2.17. The topological polar surface area (TPSA) is 123 Å². The summed E-state index contributed by atoms with van der Waals surface area (Å²) >= 11 is 0. The molecule has 0 aliphatic heterocycles. The fraction of sp³-hybridized carbons (Fsp3) is 0.273. The minimum atomic E-state index is -1.74. The molecule has 0 aliphatic carbocycles. The van der Waals surface area contributed by atoms with Gasteiger partial charge in [-0.3, -0.25) is 9.20 Å². The number of hydrogen-bond donors (Lipinski definition) is 2. The molecular formula is C22H23N5O4. The predicted octanol–water partition coefficient (Wildman–Crippen LogP) is 0.998. The van der Waals surface area contributed by atoms with E-state index in [2.05, 4.69) is 21.8 Å². The van der Waals surface area contributed by atoms with Crippen LogP contribution in [0.25, 0.3) is 16.9 Å². The van der Waals surface area contributed by atoms with Gasteiger partial charge in [0, 0.05) is 36.5 Å². The fourth-order valence-electron chi connectivity index (χ4n) is 2.92. The van der Waals surface area contributed by atoms with Gasteiger partial charge in [-0.25, -0.2) is 14.8 Å². The second-order valence-corrected chi connectivity index (χ2v) is 7.23. The molecular weight excluding hydrogens is 398 g/mol. The lowest BCUT2D eigenvalue weighted by molar-refractivity contribution is -0.119. The molecule has 0 unspecified atom stereocenters. The number of aldehydes is 1. The summed E-state index contributed by atoms with van der Waals surface area (Å²) in [5.41, 5.74) is 6.36. The van der Waals surface area contributed by atoms with E-state index in [0.29, 0.717) is 35.3 Å². The van der Waals surface area contributed by atoms with Crippen LogP contribution in [0.1, 0.15) is 22.5 Å². The monoisotopic (exact) mass is 421 g/mol. The van der Waals surface area contributed by atoms with Crippen LogP contribution in [-0.4, -0.2) is 70.0 Å². The Morgan fingerprint density at radius 1 is 1.42 bits per heavy atom. The maximum Gasteiger partial charge on any atom is 0.360 e. The van der Waals surface area contributed by atoms with Gasteiger partial charge in [-0.05, 0) is 26.2 Å². The molecule has 0 amide bonds. The number of esters is 1. The molecule has 1 aromatic carbocycles. The molecule has 0 spiro atoms. The van der Waals surface area contributed by atoms with Gasteiger partial charge in [0.05, 0.1) is 7.11 Å². The molecule has 0 bridgehead atoms. The van der Waals surface area contributed by atoms with Gasteiger partial charge in [0.15, 0.2) is 23.2 Å². The summed E-state index contributed by atoms with van der Waals surface area (Å²) in [5.74, 6) is 4.96. The Morgan fingerprint density at radius 3 is 2.87 bits per heavy atom. The number of nitrogen functional groups attached to an aromatic ring is 1. The number of methoxy groups -OCH3 is 1. The Bertz CT molecular complexity index is 1190. The van der Waals surface area contributed by atoms with Gasteiger partial charge in [-0.2, -0.15) is 0 Å². The highest BCUT2D eigenvalue weighted by Gasteiger charge is 2.23. The van der Waals surface area contributed by atoms with Gasteiger partial charge < -0.3 is 20.5 Å². The maximum atomic E-state index is 12.1. The quantitative estimate of drug-likeness (QED) is 0.343. The Morgan fingerprint density at radius 2 is 2.19 bits per heavy atom. The van der Waals surface area contributed by atoms with Crippen LogP contribution < -0.4 is 5.73 Å². The summed E-state index contributed by atoms with van der Waals surface area (Å²) < 4.78 is 6.34. The van der Waals surface area contributed by atoms with E-state index in [0.717, 1.165) is 0 Å². The number of carbonyl (C=O) groups is 2. The third-order valence-electron chi connectivity index (χ3n) is 4.65. The third kappa shape index (κ3) is 4.71. The maximum absolute atomic E-state index is 12.1. The average Bonchev–Trinajstić information content (AvgIpc) is 3.27. The molecule has 0 radical (unpaired) electrons. The van der Waals surface area contributed by atoms with Crippen LogP contribution in [-0.2, 0) is 9.53 Å². The molecule has 0 saturated carbocycles. The van der Waals surface area contributed by atoms with Crippen LogP contribution in [0.5, 0.6) is 0 Å². The first-order valence-corrected chi connectivity index (χ1v) is 9.46. The molecule has 3 aromatic rings. The molecule has 2 heterocycles. The van der Waals surface area contributed by atoms with Crippen LogP contribution in [0.3, 0.4) is 0 Å². The molecule has 3 rings (SSSR count). The molecule has 0 saturated heterocycles. The SMILES string of the molecule is COC(=O)c1nc(-c2cccc(C#C[C@@](O)(C=O)CCN(C)C)c2)c2nccn2c1N. The number of hydrogen-bond acceptors (Lipinski definition) is 8. The van der Waals surface area contributed by atoms with Crippen molar-refractivity contribution in [2.45, 2.75) is 12.0 Å². The second kappa shape index (κ2) is 8.95. The van der Waals surface area contributed by atoms with Gasteiger partial charge in [0.1, 0.15) is 11.5 Å². The second-order valence-electron chi connectivity index (χ2n) is 7.23. The number of aliphatic hydroxyl groups is 1. The van der Waals surface area contributed by atoms with Crippen LogP contribution in [0.2, 0.25) is 0 Å². The largest absolute Gasteiger partial charge is 0.464 e. The van der Waals surface area contributed by atoms with Gasteiger partial charge in [-0.1, -0.05) is 24.0 Å². The van der Waals surface area contributed by atoms with Crippen LogP contribution in [0.15, 0.2) is 36.7 Å². The van der Waals surface area contributed by atoms with E-state index in [1.54, 1.807) is 41.1 Å². The van der Waals surface area contributed by atoms with E-state index in [9.17, 15) is 14.7 Å². The predicted molar refractivity (Wildman–Crippen MR) is 115 cm³/mol. The summed E-state index contributed by atoms with van der Waals surface area (Å²) in [4.78, 5) is 34.0.